The highest BCUT2D eigenvalue weighted by Gasteiger charge is 2.11. The SMILES string of the molecule is CCCCCCCCCCCCCCCCCCOOC(C)C(N)CC. The van der Waals surface area contributed by atoms with Gasteiger partial charge in [0.1, 0.15) is 6.10 Å². The van der Waals surface area contributed by atoms with Crippen molar-refractivity contribution in [1.29, 1.82) is 0 Å². The minimum Gasteiger partial charge on any atom is -0.325 e. The molecule has 0 saturated heterocycles. The fraction of sp³-hybridized carbons (Fsp3) is 1.00. The summed E-state index contributed by atoms with van der Waals surface area (Å²) < 4.78 is 0. The summed E-state index contributed by atoms with van der Waals surface area (Å²) in [5.74, 6) is 0. The van der Waals surface area contributed by atoms with Gasteiger partial charge in [0.25, 0.3) is 0 Å². The van der Waals surface area contributed by atoms with Gasteiger partial charge in [-0.05, 0) is 19.8 Å². The van der Waals surface area contributed by atoms with Crippen LogP contribution in [0.5, 0.6) is 0 Å². The molecule has 0 aliphatic carbocycles. The summed E-state index contributed by atoms with van der Waals surface area (Å²) in [6, 6.07) is 0.0702. The number of rotatable bonds is 21. The Morgan fingerprint density at radius 2 is 1.00 bits per heavy atom. The fourth-order valence-corrected chi connectivity index (χ4v) is 3.27. The fourth-order valence-electron chi connectivity index (χ4n) is 3.27. The van der Waals surface area contributed by atoms with Gasteiger partial charge in [-0.15, -0.1) is 0 Å². The van der Waals surface area contributed by atoms with E-state index < -0.39 is 0 Å². The zero-order valence-corrected chi connectivity index (χ0v) is 18.3. The van der Waals surface area contributed by atoms with Crippen molar-refractivity contribution in [2.24, 2.45) is 5.73 Å². The van der Waals surface area contributed by atoms with Crippen molar-refractivity contribution in [3.63, 3.8) is 0 Å². The molecule has 0 aliphatic heterocycles. The topological polar surface area (TPSA) is 44.5 Å². The lowest BCUT2D eigenvalue weighted by Gasteiger charge is -2.17. The molecule has 3 nitrogen and oxygen atoms in total. The molecule has 0 rings (SSSR count). The van der Waals surface area contributed by atoms with E-state index in [1.54, 1.807) is 0 Å². The molecule has 0 fully saturated rings. The summed E-state index contributed by atoms with van der Waals surface area (Å²) in [4.78, 5) is 10.6. The number of unbranched alkanes of at least 4 members (excludes halogenated alkanes) is 15. The number of hydrogen-bond donors (Lipinski definition) is 1. The molecule has 158 valence electrons. The first kappa shape index (κ1) is 25.9. The zero-order chi connectivity index (χ0) is 19.3. The van der Waals surface area contributed by atoms with Gasteiger partial charge in [0.15, 0.2) is 0 Å². The highest BCUT2D eigenvalue weighted by Crippen LogP contribution is 2.13. The minimum atomic E-state index is -0.0129. The smallest absolute Gasteiger partial charge is 0.105 e. The molecule has 26 heavy (non-hydrogen) atoms. The van der Waals surface area contributed by atoms with Crippen molar-refractivity contribution in [2.45, 2.75) is 142 Å². The van der Waals surface area contributed by atoms with E-state index >= 15 is 0 Å². The van der Waals surface area contributed by atoms with Gasteiger partial charge in [0.05, 0.1) is 6.61 Å². The van der Waals surface area contributed by atoms with Crippen LogP contribution in [0.4, 0.5) is 0 Å². The molecule has 0 aromatic rings. The number of hydrogen-bond acceptors (Lipinski definition) is 3. The van der Waals surface area contributed by atoms with Crippen LogP contribution in [0, 0.1) is 0 Å². The van der Waals surface area contributed by atoms with E-state index in [1.165, 1.54) is 96.3 Å². The van der Waals surface area contributed by atoms with Crippen molar-refractivity contribution in [2.75, 3.05) is 6.61 Å². The Bertz CT molecular complexity index is 261. The van der Waals surface area contributed by atoms with Crippen molar-refractivity contribution in [3.05, 3.63) is 0 Å². The number of nitrogens with two attached hydrogens (primary N) is 1. The second kappa shape index (κ2) is 21.2. The molecule has 0 saturated carbocycles. The van der Waals surface area contributed by atoms with Crippen LogP contribution in [0.2, 0.25) is 0 Å². The predicted molar refractivity (Wildman–Crippen MR) is 114 cm³/mol. The average Bonchev–Trinajstić information content (AvgIpc) is 2.66. The highest BCUT2D eigenvalue weighted by atomic mass is 17.2. The third kappa shape index (κ3) is 18.7. The van der Waals surface area contributed by atoms with Gasteiger partial charge in [0, 0.05) is 6.04 Å². The standard InChI is InChI=1S/C23H49NO2/c1-4-6-7-8-9-10-11-12-13-14-15-16-17-18-19-20-21-25-26-22(3)23(24)5-2/h22-23H,4-21,24H2,1-3H3. The first-order valence-corrected chi connectivity index (χ1v) is 11.8. The molecule has 0 heterocycles. The quantitative estimate of drug-likeness (QED) is 0.130. The van der Waals surface area contributed by atoms with E-state index in [0.717, 1.165) is 12.8 Å². The van der Waals surface area contributed by atoms with Gasteiger partial charge in [-0.1, -0.05) is 110 Å². The van der Waals surface area contributed by atoms with Crippen molar-refractivity contribution < 1.29 is 9.78 Å². The molecule has 0 bridgehead atoms. The maximum Gasteiger partial charge on any atom is 0.105 e. The lowest BCUT2D eigenvalue weighted by Crippen LogP contribution is -2.33. The molecule has 0 radical (unpaired) electrons. The summed E-state index contributed by atoms with van der Waals surface area (Å²) in [5, 5.41) is 0. The summed E-state index contributed by atoms with van der Waals surface area (Å²) in [6.45, 7) is 7.02. The first-order chi connectivity index (χ1) is 12.7. The Labute approximate surface area is 164 Å². The van der Waals surface area contributed by atoms with Gasteiger partial charge >= 0.3 is 0 Å². The summed E-state index contributed by atoms with van der Waals surface area (Å²) in [6.07, 6.45) is 23.1. The Hall–Kier alpha value is -0.120. The second-order valence-corrected chi connectivity index (χ2v) is 8.00. The summed E-state index contributed by atoms with van der Waals surface area (Å²) in [5.41, 5.74) is 5.89. The molecular weight excluding hydrogens is 322 g/mol. The van der Waals surface area contributed by atoms with Crippen LogP contribution in [-0.2, 0) is 9.78 Å². The minimum absolute atomic E-state index is 0.0129. The maximum absolute atomic E-state index is 5.89. The van der Waals surface area contributed by atoms with Crippen LogP contribution < -0.4 is 5.73 Å². The third-order valence-electron chi connectivity index (χ3n) is 5.38. The van der Waals surface area contributed by atoms with E-state index in [-0.39, 0.29) is 12.1 Å². The molecule has 0 aliphatic rings. The van der Waals surface area contributed by atoms with E-state index in [2.05, 4.69) is 13.8 Å². The average molecular weight is 372 g/mol. The van der Waals surface area contributed by atoms with Crippen LogP contribution in [0.15, 0.2) is 0 Å². The molecule has 2 N–H and O–H groups in total. The molecule has 0 aromatic heterocycles. The van der Waals surface area contributed by atoms with Gasteiger partial charge < -0.3 is 5.73 Å². The van der Waals surface area contributed by atoms with E-state index in [0.29, 0.717) is 6.61 Å². The van der Waals surface area contributed by atoms with Crippen LogP contribution in [-0.4, -0.2) is 18.8 Å². The summed E-state index contributed by atoms with van der Waals surface area (Å²) in [7, 11) is 0. The Balaban J connectivity index is 3.07. The predicted octanol–water partition coefficient (Wildman–Crippen LogP) is 7.32. The molecule has 0 aromatic carbocycles. The van der Waals surface area contributed by atoms with E-state index in [9.17, 15) is 0 Å². The van der Waals surface area contributed by atoms with Gasteiger partial charge in [-0.3, -0.25) is 0 Å². The van der Waals surface area contributed by atoms with Gasteiger partial charge in [-0.2, -0.15) is 0 Å². The van der Waals surface area contributed by atoms with Crippen LogP contribution in [0.25, 0.3) is 0 Å². The lowest BCUT2D eigenvalue weighted by atomic mass is 10.0. The normalized spacial score (nSPS) is 13.8. The molecule has 0 spiro atoms. The molecule has 0 amide bonds. The van der Waals surface area contributed by atoms with E-state index in [1.807, 2.05) is 6.92 Å². The molecule has 3 heteroatoms. The zero-order valence-electron chi connectivity index (χ0n) is 18.3. The Morgan fingerprint density at radius 3 is 1.38 bits per heavy atom. The lowest BCUT2D eigenvalue weighted by molar-refractivity contribution is -0.324. The molecular formula is C23H49NO2. The first-order valence-electron chi connectivity index (χ1n) is 11.8. The monoisotopic (exact) mass is 371 g/mol. The van der Waals surface area contributed by atoms with Crippen LogP contribution in [0.1, 0.15) is 130 Å². The van der Waals surface area contributed by atoms with Crippen molar-refractivity contribution in [1.82, 2.24) is 0 Å². The molecule has 2 atom stereocenters. The van der Waals surface area contributed by atoms with Crippen molar-refractivity contribution in [3.8, 4) is 0 Å². The largest absolute Gasteiger partial charge is 0.325 e. The van der Waals surface area contributed by atoms with Gasteiger partial charge in [-0.25, -0.2) is 9.78 Å². The van der Waals surface area contributed by atoms with E-state index in [4.69, 9.17) is 15.5 Å². The van der Waals surface area contributed by atoms with Crippen LogP contribution >= 0.6 is 0 Å². The second-order valence-electron chi connectivity index (χ2n) is 8.00. The third-order valence-corrected chi connectivity index (χ3v) is 5.38. The summed E-state index contributed by atoms with van der Waals surface area (Å²) >= 11 is 0. The van der Waals surface area contributed by atoms with Gasteiger partial charge in [0.2, 0.25) is 0 Å². The maximum atomic E-state index is 5.89. The van der Waals surface area contributed by atoms with Crippen LogP contribution in [0.3, 0.4) is 0 Å². The Kier molecular flexibility index (Phi) is 21.1. The Morgan fingerprint density at radius 1 is 0.615 bits per heavy atom. The van der Waals surface area contributed by atoms with Crippen molar-refractivity contribution >= 4 is 0 Å². The highest BCUT2D eigenvalue weighted by molar-refractivity contribution is 4.64. The molecule has 2 unspecified atom stereocenters.